The van der Waals surface area contributed by atoms with E-state index in [9.17, 15) is 14.0 Å². The van der Waals surface area contributed by atoms with Crippen LogP contribution in [0.25, 0.3) is 0 Å². The highest BCUT2D eigenvalue weighted by Crippen LogP contribution is 2.35. The Labute approximate surface area is 138 Å². The quantitative estimate of drug-likeness (QED) is 0.832. The van der Waals surface area contributed by atoms with Gasteiger partial charge in [0.25, 0.3) is 17.4 Å². The number of anilines is 2. The second-order valence-electron chi connectivity index (χ2n) is 6.00. The second-order valence-corrected chi connectivity index (χ2v) is 6.00. The summed E-state index contributed by atoms with van der Waals surface area (Å²) in [7, 11) is 0. The molecular formula is C18H17FN2O3. The molecule has 2 amide bonds. The predicted octanol–water partition coefficient (Wildman–Crippen LogP) is 3.17. The third-order valence-corrected chi connectivity index (χ3v) is 4.00. The van der Waals surface area contributed by atoms with E-state index in [4.69, 9.17) is 4.74 Å². The molecule has 2 aromatic rings. The molecule has 0 radical (unpaired) electrons. The normalized spacial score (nSPS) is 19.1. The van der Waals surface area contributed by atoms with Crippen LogP contribution in [0.3, 0.4) is 0 Å². The van der Waals surface area contributed by atoms with Crippen LogP contribution in [0, 0.1) is 19.7 Å². The SMILES string of the molecule is Cc1ccc2c(c1)NC(=O)C(C)(C(=O)Nc1ccc(F)cc1C)O2. The maximum Gasteiger partial charge on any atom is 0.278 e. The predicted molar refractivity (Wildman–Crippen MR) is 88.6 cm³/mol. The number of ether oxygens (including phenoxy) is 1. The van der Waals surface area contributed by atoms with Crippen LogP contribution < -0.4 is 15.4 Å². The average Bonchev–Trinajstić information content (AvgIpc) is 2.51. The maximum atomic E-state index is 13.2. The second kappa shape index (κ2) is 5.63. The molecule has 1 atom stereocenters. The fourth-order valence-electron chi connectivity index (χ4n) is 2.50. The van der Waals surface area contributed by atoms with Crippen LogP contribution in [0.15, 0.2) is 36.4 Å². The first-order chi connectivity index (χ1) is 11.3. The lowest BCUT2D eigenvalue weighted by molar-refractivity contribution is -0.143. The summed E-state index contributed by atoms with van der Waals surface area (Å²) in [5.74, 6) is -1.15. The zero-order chi connectivity index (χ0) is 17.5. The summed E-state index contributed by atoms with van der Waals surface area (Å²) >= 11 is 0. The van der Waals surface area contributed by atoms with E-state index in [0.717, 1.165) is 5.56 Å². The fourth-order valence-corrected chi connectivity index (χ4v) is 2.50. The number of hydrogen-bond acceptors (Lipinski definition) is 3. The number of rotatable bonds is 2. The minimum atomic E-state index is -1.72. The molecule has 0 spiro atoms. The standard InChI is InChI=1S/C18H17FN2O3/c1-10-4-7-15-14(8-10)21-17(23)18(3,24-15)16(22)20-13-6-5-12(19)9-11(13)2/h4-9H,1-3H3,(H,20,22)(H,21,23). The lowest BCUT2D eigenvalue weighted by atomic mass is 10.0. The van der Waals surface area contributed by atoms with Gasteiger partial charge in [0.2, 0.25) is 0 Å². The van der Waals surface area contributed by atoms with Gasteiger partial charge in [-0.25, -0.2) is 4.39 Å². The van der Waals surface area contributed by atoms with Gasteiger partial charge in [0.1, 0.15) is 11.6 Å². The zero-order valence-corrected chi connectivity index (χ0v) is 13.6. The van der Waals surface area contributed by atoms with E-state index in [2.05, 4.69) is 10.6 Å². The summed E-state index contributed by atoms with van der Waals surface area (Å²) in [6.45, 7) is 4.96. The van der Waals surface area contributed by atoms with Crippen LogP contribution in [0.1, 0.15) is 18.1 Å². The molecule has 5 nitrogen and oxygen atoms in total. The van der Waals surface area contributed by atoms with Gasteiger partial charge in [-0.1, -0.05) is 6.07 Å². The first-order valence-electron chi connectivity index (χ1n) is 7.48. The van der Waals surface area contributed by atoms with Crippen molar-refractivity contribution in [1.82, 2.24) is 0 Å². The Morgan fingerprint density at radius 1 is 1.21 bits per heavy atom. The highest BCUT2D eigenvalue weighted by atomic mass is 19.1. The van der Waals surface area contributed by atoms with E-state index in [1.807, 2.05) is 13.0 Å². The topological polar surface area (TPSA) is 67.4 Å². The van der Waals surface area contributed by atoms with Gasteiger partial charge in [0.05, 0.1) is 5.69 Å². The molecule has 0 saturated carbocycles. The number of nitrogens with one attached hydrogen (secondary N) is 2. The number of aryl methyl sites for hydroxylation is 2. The Bertz CT molecular complexity index is 850. The zero-order valence-electron chi connectivity index (χ0n) is 13.6. The molecule has 0 bridgehead atoms. The van der Waals surface area contributed by atoms with Crippen molar-refractivity contribution in [2.24, 2.45) is 0 Å². The maximum absolute atomic E-state index is 13.2. The molecule has 1 aliphatic rings. The molecule has 124 valence electrons. The van der Waals surface area contributed by atoms with E-state index in [-0.39, 0.29) is 0 Å². The van der Waals surface area contributed by atoms with Crippen LogP contribution in [0.2, 0.25) is 0 Å². The van der Waals surface area contributed by atoms with Crippen molar-refractivity contribution >= 4 is 23.2 Å². The minimum absolute atomic E-state index is 0.396. The van der Waals surface area contributed by atoms with E-state index < -0.39 is 23.2 Å². The first kappa shape index (κ1) is 16.0. The molecule has 24 heavy (non-hydrogen) atoms. The Morgan fingerprint density at radius 3 is 2.67 bits per heavy atom. The number of carbonyl (C=O) groups is 2. The molecule has 1 aliphatic heterocycles. The molecule has 0 saturated heterocycles. The third kappa shape index (κ3) is 2.71. The highest BCUT2D eigenvalue weighted by molar-refractivity contribution is 6.19. The van der Waals surface area contributed by atoms with Gasteiger partial charge in [0, 0.05) is 5.69 Å². The fraction of sp³-hybridized carbons (Fsp3) is 0.222. The molecule has 0 fully saturated rings. The number of amides is 2. The van der Waals surface area contributed by atoms with Crippen LogP contribution >= 0.6 is 0 Å². The van der Waals surface area contributed by atoms with Gasteiger partial charge >= 0.3 is 0 Å². The number of benzene rings is 2. The highest BCUT2D eigenvalue weighted by Gasteiger charge is 2.47. The van der Waals surface area contributed by atoms with E-state index >= 15 is 0 Å². The van der Waals surface area contributed by atoms with Gasteiger partial charge in [-0.3, -0.25) is 9.59 Å². The summed E-state index contributed by atoms with van der Waals surface area (Å²) in [6, 6.07) is 9.30. The van der Waals surface area contributed by atoms with Crippen LogP contribution in [0.4, 0.5) is 15.8 Å². The van der Waals surface area contributed by atoms with Gasteiger partial charge < -0.3 is 15.4 Å². The van der Waals surface area contributed by atoms with Crippen molar-refractivity contribution in [3.8, 4) is 5.75 Å². The largest absolute Gasteiger partial charge is 0.466 e. The van der Waals surface area contributed by atoms with Crippen molar-refractivity contribution < 1.29 is 18.7 Å². The smallest absolute Gasteiger partial charge is 0.278 e. The summed E-state index contributed by atoms with van der Waals surface area (Å²) in [6.07, 6.45) is 0. The molecule has 1 unspecified atom stereocenters. The van der Waals surface area contributed by atoms with Gasteiger partial charge in [0.15, 0.2) is 0 Å². The molecule has 1 heterocycles. The number of carbonyl (C=O) groups excluding carboxylic acids is 2. The molecule has 2 N–H and O–H groups in total. The number of fused-ring (bicyclic) bond motifs is 1. The Hall–Kier alpha value is -2.89. The first-order valence-corrected chi connectivity index (χ1v) is 7.48. The summed E-state index contributed by atoms with van der Waals surface area (Å²) in [5.41, 5.74) is 0.757. The van der Waals surface area contributed by atoms with Crippen molar-refractivity contribution in [2.45, 2.75) is 26.4 Å². The molecule has 3 rings (SSSR count). The minimum Gasteiger partial charge on any atom is -0.466 e. The van der Waals surface area contributed by atoms with Crippen LogP contribution in [0.5, 0.6) is 5.75 Å². The Morgan fingerprint density at radius 2 is 1.96 bits per heavy atom. The molecular weight excluding hydrogens is 311 g/mol. The van der Waals surface area contributed by atoms with Crippen LogP contribution in [-0.2, 0) is 9.59 Å². The van der Waals surface area contributed by atoms with Crippen molar-refractivity contribution in [3.63, 3.8) is 0 Å². The van der Waals surface area contributed by atoms with Gasteiger partial charge in [-0.15, -0.1) is 0 Å². The molecule has 0 aromatic heterocycles. The lowest BCUT2D eigenvalue weighted by Gasteiger charge is -2.33. The van der Waals surface area contributed by atoms with Crippen molar-refractivity contribution in [1.29, 1.82) is 0 Å². The van der Waals surface area contributed by atoms with E-state index in [1.165, 1.54) is 25.1 Å². The summed E-state index contributed by atoms with van der Waals surface area (Å²) in [5, 5.41) is 5.33. The van der Waals surface area contributed by atoms with Gasteiger partial charge in [-0.2, -0.15) is 0 Å². The van der Waals surface area contributed by atoms with E-state index in [1.54, 1.807) is 19.1 Å². The monoisotopic (exact) mass is 328 g/mol. The van der Waals surface area contributed by atoms with Gasteiger partial charge in [-0.05, 0) is 62.2 Å². The molecule has 6 heteroatoms. The lowest BCUT2D eigenvalue weighted by Crippen LogP contribution is -2.56. The Kier molecular flexibility index (Phi) is 3.75. The molecule has 2 aromatic carbocycles. The molecule has 0 aliphatic carbocycles. The van der Waals surface area contributed by atoms with Crippen LogP contribution in [-0.4, -0.2) is 17.4 Å². The van der Waals surface area contributed by atoms with E-state index in [0.29, 0.717) is 22.7 Å². The number of hydrogen-bond donors (Lipinski definition) is 2. The number of halogens is 1. The van der Waals surface area contributed by atoms with Crippen molar-refractivity contribution in [3.05, 3.63) is 53.3 Å². The van der Waals surface area contributed by atoms with Crippen molar-refractivity contribution in [2.75, 3.05) is 10.6 Å². The third-order valence-electron chi connectivity index (χ3n) is 4.00. The average molecular weight is 328 g/mol. The Balaban J connectivity index is 1.88. The summed E-state index contributed by atoms with van der Waals surface area (Å²) in [4.78, 5) is 25.0. The summed E-state index contributed by atoms with van der Waals surface area (Å²) < 4.78 is 18.9.